The molecule has 22 heavy (non-hydrogen) atoms. The number of rotatable bonds is 4. The molecule has 9 heteroatoms. The van der Waals surface area contributed by atoms with Crippen LogP contribution in [0.2, 0.25) is 0 Å². The van der Waals surface area contributed by atoms with Crippen LogP contribution in [0.3, 0.4) is 0 Å². The number of imide groups is 1. The molecule has 1 aromatic carbocycles. The number of benzene rings is 1. The van der Waals surface area contributed by atoms with Crippen LogP contribution in [0.15, 0.2) is 46.0 Å². The van der Waals surface area contributed by atoms with Gasteiger partial charge in [-0.2, -0.15) is 0 Å². The molecule has 1 aliphatic heterocycles. The fourth-order valence-corrected chi connectivity index (χ4v) is 3.97. The molecule has 3 rings (SSSR count). The Hall–Kier alpha value is -2.39. The Balaban J connectivity index is 1.78. The van der Waals surface area contributed by atoms with Crippen LogP contribution in [0.4, 0.5) is 10.5 Å². The lowest BCUT2D eigenvalue weighted by Gasteiger charge is -2.09. The zero-order valence-electron chi connectivity index (χ0n) is 11.0. The van der Waals surface area contributed by atoms with E-state index in [1.54, 1.807) is 11.4 Å². The number of thiophene rings is 1. The van der Waals surface area contributed by atoms with Crippen LogP contribution >= 0.6 is 11.3 Å². The molecular formula is C13H10N2O5S2. The van der Waals surface area contributed by atoms with Crippen molar-refractivity contribution in [3.8, 4) is 0 Å². The molecule has 1 atom stereocenters. The van der Waals surface area contributed by atoms with Crippen LogP contribution < -0.4 is 10.0 Å². The predicted molar refractivity (Wildman–Crippen MR) is 78.9 cm³/mol. The largest absolute Gasteiger partial charge is 0.431 e. The van der Waals surface area contributed by atoms with Gasteiger partial charge in [0.15, 0.2) is 0 Å². The Bertz CT molecular complexity index is 813. The first-order chi connectivity index (χ1) is 10.5. The lowest BCUT2D eigenvalue weighted by Crippen LogP contribution is -2.20. The lowest BCUT2D eigenvalue weighted by atomic mass is 10.1. The van der Waals surface area contributed by atoms with Gasteiger partial charge in [-0.05, 0) is 23.6 Å². The smallest absolute Gasteiger partial charge is 0.415 e. The molecule has 2 N–H and O–H groups in total. The van der Waals surface area contributed by atoms with E-state index in [-0.39, 0.29) is 4.21 Å². The van der Waals surface area contributed by atoms with Gasteiger partial charge in [0.25, 0.3) is 15.9 Å². The molecule has 2 heterocycles. The maximum Gasteiger partial charge on any atom is 0.415 e. The van der Waals surface area contributed by atoms with E-state index in [4.69, 9.17) is 4.74 Å². The molecule has 7 nitrogen and oxygen atoms in total. The summed E-state index contributed by atoms with van der Waals surface area (Å²) in [7, 11) is -3.62. The quantitative estimate of drug-likeness (QED) is 0.886. The summed E-state index contributed by atoms with van der Waals surface area (Å²) in [5, 5.41) is 3.70. The number of carbonyl (C=O) groups is 2. The third kappa shape index (κ3) is 2.81. The summed E-state index contributed by atoms with van der Waals surface area (Å²) in [6, 6.07) is 9.20. The van der Waals surface area contributed by atoms with Crippen LogP contribution in [0.25, 0.3) is 0 Å². The second-order valence-corrected chi connectivity index (χ2v) is 7.29. The van der Waals surface area contributed by atoms with E-state index in [9.17, 15) is 18.0 Å². The van der Waals surface area contributed by atoms with Gasteiger partial charge in [-0.3, -0.25) is 14.8 Å². The van der Waals surface area contributed by atoms with E-state index in [0.717, 1.165) is 11.3 Å². The van der Waals surface area contributed by atoms with Crippen LogP contribution in [0.5, 0.6) is 0 Å². The second-order valence-electron chi connectivity index (χ2n) is 4.43. The maximum absolute atomic E-state index is 12.1. The van der Waals surface area contributed by atoms with E-state index >= 15 is 0 Å². The van der Waals surface area contributed by atoms with Crippen LogP contribution in [-0.2, 0) is 19.6 Å². The zero-order chi connectivity index (χ0) is 15.7. The predicted octanol–water partition coefficient (Wildman–Crippen LogP) is 1.86. The Morgan fingerprint density at radius 1 is 1.14 bits per heavy atom. The van der Waals surface area contributed by atoms with Crippen LogP contribution in [0.1, 0.15) is 11.7 Å². The van der Waals surface area contributed by atoms with Crippen molar-refractivity contribution in [1.29, 1.82) is 0 Å². The van der Waals surface area contributed by atoms with Gasteiger partial charge >= 0.3 is 6.09 Å². The average molecular weight is 338 g/mol. The summed E-state index contributed by atoms with van der Waals surface area (Å²) in [6.07, 6.45) is -1.80. The van der Waals surface area contributed by atoms with Gasteiger partial charge in [0, 0.05) is 11.3 Å². The molecule has 2 aromatic rings. The van der Waals surface area contributed by atoms with Gasteiger partial charge < -0.3 is 4.74 Å². The minimum Gasteiger partial charge on any atom is -0.431 e. The summed E-state index contributed by atoms with van der Waals surface area (Å²) in [5.41, 5.74) is 0.810. The number of amides is 2. The maximum atomic E-state index is 12.1. The number of anilines is 1. The molecule has 1 unspecified atom stereocenters. The summed E-state index contributed by atoms with van der Waals surface area (Å²) in [5.74, 6) is -0.545. The molecule has 0 radical (unpaired) electrons. The Morgan fingerprint density at radius 2 is 1.86 bits per heavy atom. The monoisotopic (exact) mass is 338 g/mol. The van der Waals surface area contributed by atoms with Crippen molar-refractivity contribution in [1.82, 2.24) is 5.32 Å². The first kappa shape index (κ1) is 14.5. The number of hydrogen-bond acceptors (Lipinski definition) is 6. The van der Waals surface area contributed by atoms with Crippen LogP contribution in [-0.4, -0.2) is 20.4 Å². The number of alkyl carbamates (subject to hydrolysis) is 1. The topological polar surface area (TPSA) is 102 Å². The molecule has 1 aromatic heterocycles. The molecule has 1 aliphatic rings. The minimum atomic E-state index is -3.62. The van der Waals surface area contributed by atoms with E-state index in [1.807, 2.05) is 5.32 Å². The molecule has 0 aliphatic carbocycles. The van der Waals surface area contributed by atoms with E-state index in [2.05, 4.69) is 4.72 Å². The molecule has 0 spiro atoms. The van der Waals surface area contributed by atoms with Crippen molar-refractivity contribution in [2.24, 2.45) is 0 Å². The minimum absolute atomic E-state index is 0.209. The van der Waals surface area contributed by atoms with Gasteiger partial charge in [0.1, 0.15) is 4.21 Å². The first-order valence-electron chi connectivity index (χ1n) is 6.13. The normalized spacial score (nSPS) is 17.9. The summed E-state index contributed by atoms with van der Waals surface area (Å²) in [4.78, 5) is 22.5. The lowest BCUT2D eigenvalue weighted by molar-refractivity contribution is -0.123. The van der Waals surface area contributed by atoms with Crippen molar-refractivity contribution < 1.29 is 22.7 Å². The molecule has 114 valence electrons. The van der Waals surface area contributed by atoms with Crippen molar-refractivity contribution in [2.75, 3.05) is 4.72 Å². The fraction of sp³-hybridized carbons (Fsp3) is 0.0769. The molecule has 1 saturated heterocycles. The third-order valence-electron chi connectivity index (χ3n) is 2.91. The number of sulfonamides is 1. The third-order valence-corrected chi connectivity index (χ3v) is 5.69. The van der Waals surface area contributed by atoms with Gasteiger partial charge in [-0.1, -0.05) is 18.2 Å². The zero-order valence-corrected chi connectivity index (χ0v) is 12.6. The summed E-state index contributed by atoms with van der Waals surface area (Å²) in [6.45, 7) is 0. The van der Waals surface area contributed by atoms with E-state index in [1.165, 1.54) is 30.3 Å². The van der Waals surface area contributed by atoms with Gasteiger partial charge in [0.2, 0.25) is 6.10 Å². The van der Waals surface area contributed by atoms with Crippen molar-refractivity contribution in [3.63, 3.8) is 0 Å². The highest BCUT2D eigenvalue weighted by molar-refractivity contribution is 7.94. The highest BCUT2D eigenvalue weighted by atomic mass is 32.2. The SMILES string of the molecule is O=C1NC(=O)C(c2ccc(NS(=O)(=O)c3cccs3)cc2)O1. The highest BCUT2D eigenvalue weighted by Gasteiger charge is 2.33. The Kier molecular flexibility index (Phi) is 3.59. The van der Waals surface area contributed by atoms with Crippen molar-refractivity contribution >= 4 is 39.0 Å². The Labute approximate surface area is 130 Å². The summed E-state index contributed by atoms with van der Waals surface area (Å²) >= 11 is 1.11. The van der Waals surface area contributed by atoms with Gasteiger partial charge in [0.05, 0.1) is 0 Å². The molecule has 0 bridgehead atoms. The second kappa shape index (κ2) is 5.43. The van der Waals surface area contributed by atoms with Crippen molar-refractivity contribution in [2.45, 2.75) is 10.3 Å². The number of nitrogens with one attached hydrogen (secondary N) is 2. The average Bonchev–Trinajstić information content (AvgIpc) is 3.09. The number of carbonyl (C=O) groups excluding carboxylic acids is 2. The van der Waals surface area contributed by atoms with Crippen molar-refractivity contribution in [3.05, 3.63) is 47.3 Å². The fourth-order valence-electron chi connectivity index (χ4n) is 1.92. The Morgan fingerprint density at radius 3 is 2.41 bits per heavy atom. The first-order valence-corrected chi connectivity index (χ1v) is 8.50. The molecular weight excluding hydrogens is 328 g/mol. The van der Waals surface area contributed by atoms with E-state index < -0.39 is 28.1 Å². The van der Waals surface area contributed by atoms with Gasteiger partial charge in [-0.15, -0.1) is 11.3 Å². The number of ether oxygens (including phenoxy) is 1. The standard InChI is InChI=1S/C13H10N2O5S2/c16-12-11(20-13(17)14-12)8-3-5-9(6-4-8)15-22(18,19)10-2-1-7-21-10/h1-7,11,15H,(H,14,16,17). The molecule has 1 fully saturated rings. The highest BCUT2D eigenvalue weighted by Crippen LogP contribution is 2.25. The van der Waals surface area contributed by atoms with Gasteiger partial charge in [-0.25, -0.2) is 13.2 Å². The van der Waals surface area contributed by atoms with Crippen LogP contribution in [0, 0.1) is 0 Å². The number of hydrogen-bond donors (Lipinski definition) is 2. The summed E-state index contributed by atoms with van der Waals surface area (Å²) < 4.78 is 31.6. The number of cyclic esters (lactones) is 1. The van der Waals surface area contributed by atoms with E-state index in [0.29, 0.717) is 11.3 Å². The molecule has 2 amide bonds. The molecule has 0 saturated carbocycles.